The number of halogens is 1. The summed E-state index contributed by atoms with van der Waals surface area (Å²) in [6.07, 6.45) is 4.00. The smallest absolute Gasteiger partial charge is 0.161 e. The van der Waals surface area contributed by atoms with E-state index in [9.17, 15) is 4.39 Å². The van der Waals surface area contributed by atoms with Crippen LogP contribution in [0.4, 0.5) is 4.39 Å². The van der Waals surface area contributed by atoms with Crippen molar-refractivity contribution in [2.75, 3.05) is 13.7 Å². The second-order valence-corrected chi connectivity index (χ2v) is 6.84. The predicted molar refractivity (Wildman–Crippen MR) is 118 cm³/mol. The highest BCUT2D eigenvalue weighted by atomic mass is 19.1. The number of hydrogen-bond donors (Lipinski definition) is 0. The molecule has 0 spiro atoms. The average Bonchev–Trinajstić information content (AvgIpc) is 3.14. The van der Waals surface area contributed by atoms with Gasteiger partial charge < -0.3 is 14.0 Å². The predicted octanol–water partition coefficient (Wildman–Crippen LogP) is 5.96. The summed E-state index contributed by atoms with van der Waals surface area (Å²) in [4.78, 5) is 4.76. The fraction of sp³-hybridized carbons (Fsp3) is 0.160. The average molecular weight is 402 g/mol. The molecule has 0 saturated carbocycles. The molecule has 0 saturated heterocycles. The Balaban J connectivity index is 1.60. The quantitative estimate of drug-likeness (QED) is 0.382. The van der Waals surface area contributed by atoms with Gasteiger partial charge in [-0.25, -0.2) is 9.37 Å². The number of methoxy groups -OCH3 is 1. The van der Waals surface area contributed by atoms with E-state index in [-0.39, 0.29) is 5.82 Å². The molecule has 5 heteroatoms. The van der Waals surface area contributed by atoms with Crippen LogP contribution in [0.25, 0.3) is 28.5 Å². The van der Waals surface area contributed by atoms with Gasteiger partial charge in [-0.15, -0.1) is 0 Å². The minimum Gasteiger partial charge on any atom is -0.493 e. The summed E-state index contributed by atoms with van der Waals surface area (Å²) in [6, 6.07) is 20.2. The van der Waals surface area contributed by atoms with Crippen molar-refractivity contribution in [3.63, 3.8) is 0 Å². The van der Waals surface area contributed by atoms with Crippen LogP contribution in [0.1, 0.15) is 12.5 Å². The maximum absolute atomic E-state index is 13.4. The van der Waals surface area contributed by atoms with E-state index in [1.54, 1.807) is 19.2 Å². The zero-order valence-corrected chi connectivity index (χ0v) is 17.0. The van der Waals surface area contributed by atoms with Crippen LogP contribution >= 0.6 is 0 Å². The first-order chi connectivity index (χ1) is 14.7. The van der Waals surface area contributed by atoms with Crippen molar-refractivity contribution >= 4 is 17.1 Å². The van der Waals surface area contributed by atoms with Crippen molar-refractivity contribution in [3.05, 3.63) is 84.2 Å². The Bertz CT molecular complexity index is 1180. The minimum atomic E-state index is -0.266. The molecule has 0 N–H and O–H groups in total. The van der Waals surface area contributed by atoms with Gasteiger partial charge in [0.05, 0.1) is 24.7 Å². The molecule has 0 bridgehead atoms. The van der Waals surface area contributed by atoms with E-state index in [0.29, 0.717) is 24.7 Å². The van der Waals surface area contributed by atoms with Gasteiger partial charge in [-0.3, -0.25) is 0 Å². The number of hydrogen-bond acceptors (Lipinski definition) is 3. The first-order valence-electron chi connectivity index (χ1n) is 9.84. The van der Waals surface area contributed by atoms with E-state index >= 15 is 0 Å². The highest BCUT2D eigenvalue weighted by Gasteiger charge is 2.13. The van der Waals surface area contributed by atoms with E-state index < -0.39 is 0 Å². The lowest BCUT2D eigenvalue weighted by Crippen LogP contribution is -2.10. The number of rotatable bonds is 7. The lowest BCUT2D eigenvalue weighted by Gasteiger charge is -2.13. The summed E-state index contributed by atoms with van der Waals surface area (Å²) < 4.78 is 27.0. The van der Waals surface area contributed by atoms with E-state index in [2.05, 4.69) is 4.57 Å². The number of para-hydroxylation sites is 2. The van der Waals surface area contributed by atoms with Crippen LogP contribution in [0.15, 0.2) is 72.8 Å². The number of fused-ring (bicyclic) bond motifs is 1. The monoisotopic (exact) mass is 402 g/mol. The fourth-order valence-corrected chi connectivity index (χ4v) is 3.47. The molecule has 0 fully saturated rings. The van der Waals surface area contributed by atoms with Crippen LogP contribution in [0.2, 0.25) is 0 Å². The van der Waals surface area contributed by atoms with Gasteiger partial charge in [0, 0.05) is 5.56 Å². The van der Waals surface area contributed by atoms with Gasteiger partial charge >= 0.3 is 0 Å². The van der Waals surface area contributed by atoms with Crippen molar-refractivity contribution in [1.82, 2.24) is 9.55 Å². The van der Waals surface area contributed by atoms with Crippen LogP contribution in [0.5, 0.6) is 11.5 Å². The Kier molecular flexibility index (Phi) is 5.80. The molecule has 1 aromatic heterocycles. The van der Waals surface area contributed by atoms with Crippen molar-refractivity contribution in [2.45, 2.75) is 13.5 Å². The third-order valence-electron chi connectivity index (χ3n) is 4.88. The second kappa shape index (κ2) is 8.82. The Morgan fingerprint density at radius 2 is 1.80 bits per heavy atom. The number of imidazole rings is 1. The standard InChI is InChI=1S/C25H23FN2O2/c1-3-6-18-9-14-23(24(17-18)29-2)30-16-15-28-22-8-5-4-7-21(22)27-25(28)19-10-12-20(26)13-11-19/h3-14,17H,15-16H2,1-2H3/b6-3+. The molecule has 152 valence electrons. The highest BCUT2D eigenvalue weighted by molar-refractivity contribution is 5.80. The summed E-state index contributed by atoms with van der Waals surface area (Å²) in [7, 11) is 1.64. The van der Waals surface area contributed by atoms with Gasteiger partial charge in [-0.1, -0.05) is 30.4 Å². The summed E-state index contributed by atoms with van der Waals surface area (Å²) in [5.74, 6) is 1.91. The number of nitrogens with zero attached hydrogens (tertiary/aromatic N) is 2. The van der Waals surface area contributed by atoms with Gasteiger partial charge in [0.15, 0.2) is 11.5 Å². The molecule has 0 atom stereocenters. The SMILES string of the molecule is C/C=C/c1ccc(OCCn2c(-c3ccc(F)cc3)nc3ccccc32)c(OC)c1. The Morgan fingerprint density at radius 3 is 2.57 bits per heavy atom. The molecule has 30 heavy (non-hydrogen) atoms. The van der Waals surface area contributed by atoms with Crippen LogP contribution in [-0.4, -0.2) is 23.3 Å². The van der Waals surface area contributed by atoms with Gasteiger partial charge in [-0.05, 0) is 61.0 Å². The summed E-state index contributed by atoms with van der Waals surface area (Å²) in [5.41, 5.74) is 3.82. The third kappa shape index (κ3) is 4.06. The number of aromatic nitrogens is 2. The van der Waals surface area contributed by atoms with E-state index in [1.807, 2.05) is 61.5 Å². The summed E-state index contributed by atoms with van der Waals surface area (Å²) in [5, 5.41) is 0. The Hall–Kier alpha value is -3.60. The summed E-state index contributed by atoms with van der Waals surface area (Å²) in [6.45, 7) is 3.01. The maximum atomic E-state index is 13.4. The molecule has 0 aliphatic heterocycles. The largest absolute Gasteiger partial charge is 0.493 e. The first kappa shape index (κ1) is 19.7. The van der Waals surface area contributed by atoms with Crippen LogP contribution in [0.3, 0.4) is 0 Å². The van der Waals surface area contributed by atoms with Crippen molar-refractivity contribution in [2.24, 2.45) is 0 Å². The maximum Gasteiger partial charge on any atom is 0.161 e. The van der Waals surface area contributed by atoms with Gasteiger partial charge in [0.1, 0.15) is 18.2 Å². The molecular formula is C25H23FN2O2. The Labute approximate surface area is 175 Å². The second-order valence-electron chi connectivity index (χ2n) is 6.84. The topological polar surface area (TPSA) is 36.3 Å². The highest BCUT2D eigenvalue weighted by Crippen LogP contribution is 2.29. The van der Waals surface area contributed by atoms with E-state index in [4.69, 9.17) is 14.5 Å². The van der Waals surface area contributed by atoms with Crippen molar-refractivity contribution in [3.8, 4) is 22.9 Å². The third-order valence-corrected chi connectivity index (χ3v) is 4.88. The molecular weight excluding hydrogens is 379 g/mol. The van der Waals surface area contributed by atoms with Crippen LogP contribution in [0, 0.1) is 5.82 Å². The molecule has 0 aliphatic rings. The Morgan fingerprint density at radius 1 is 1.00 bits per heavy atom. The molecule has 4 aromatic rings. The number of ether oxygens (including phenoxy) is 2. The zero-order valence-electron chi connectivity index (χ0n) is 17.0. The van der Waals surface area contributed by atoms with Gasteiger partial charge in [-0.2, -0.15) is 0 Å². The molecule has 0 radical (unpaired) electrons. The molecule has 1 heterocycles. The lowest BCUT2D eigenvalue weighted by molar-refractivity contribution is 0.281. The number of benzene rings is 3. The van der Waals surface area contributed by atoms with Crippen LogP contribution < -0.4 is 9.47 Å². The lowest BCUT2D eigenvalue weighted by atomic mass is 10.2. The molecule has 4 nitrogen and oxygen atoms in total. The fourth-order valence-electron chi connectivity index (χ4n) is 3.47. The molecule has 4 rings (SSSR count). The van der Waals surface area contributed by atoms with E-state index in [1.165, 1.54) is 12.1 Å². The van der Waals surface area contributed by atoms with Crippen molar-refractivity contribution < 1.29 is 13.9 Å². The summed E-state index contributed by atoms with van der Waals surface area (Å²) >= 11 is 0. The van der Waals surface area contributed by atoms with Gasteiger partial charge in [0.25, 0.3) is 0 Å². The molecule has 0 unspecified atom stereocenters. The number of allylic oxidation sites excluding steroid dienone is 1. The first-order valence-corrected chi connectivity index (χ1v) is 9.84. The normalized spacial score (nSPS) is 11.3. The van der Waals surface area contributed by atoms with Crippen LogP contribution in [-0.2, 0) is 6.54 Å². The minimum absolute atomic E-state index is 0.266. The molecule has 3 aromatic carbocycles. The van der Waals surface area contributed by atoms with E-state index in [0.717, 1.165) is 28.0 Å². The van der Waals surface area contributed by atoms with Gasteiger partial charge in [0.2, 0.25) is 0 Å². The molecule has 0 amide bonds. The zero-order chi connectivity index (χ0) is 20.9. The molecule has 0 aliphatic carbocycles. The van der Waals surface area contributed by atoms with Crippen molar-refractivity contribution in [1.29, 1.82) is 0 Å².